The van der Waals surface area contributed by atoms with E-state index < -0.39 is 10.0 Å². The maximum atomic E-state index is 13.3. The topological polar surface area (TPSA) is 66.9 Å². The van der Waals surface area contributed by atoms with Gasteiger partial charge in [0.2, 0.25) is 5.91 Å². The molecule has 0 fully saturated rings. The van der Waals surface area contributed by atoms with Crippen molar-refractivity contribution in [3.8, 4) is 5.75 Å². The summed E-state index contributed by atoms with van der Waals surface area (Å²) in [5.74, 6) is 0.0660. The Morgan fingerprint density at radius 2 is 1.73 bits per heavy atom. The molecule has 158 valence electrons. The largest absolute Gasteiger partial charge is 0.495 e. The summed E-state index contributed by atoms with van der Waals surface area (Å²) >= 11 is 1.11. The van der Waals surface area contributed by atoms with Crippen molar-refractivity contribution in [2.24, 2.45) is 0 Å². The zero-order valence-corrected chi connectivity index (χ0v) is 18.7. The molecule has 0 radical (unpaired) electrons. The van der Waals surface area contributed by atoms with Gasteiger partial charge in [-0.25, -0.2) is 8.42 Å². The van der Waals surface area contributed by atoms with E-state index in [1.807, 2.05) is 31.2 Å². The maximum Gasteiger partial charge on any atom is 0.274 e. The smallest absolute Gasteiger partial charge is 0.274 e. The minimum absolute atomic E-state index is 0.169. The number of methoxy groups -OCH3 is 1. The van der Waals surface area contributed by atoms with Gasteiger partial charge < -0.3 is 9.64 Å². The molecule has 30 heavy (non-hydrogen) atoms. The number of ether oxygens (including phenoxy) is 1. The first-order chi connectivity index (χ1) is 14.3. The third-order valence-corrected chi connectivity index (χ3v) is 7.90. The predicted octanol–water partition coefficient (Wildman–Crippen LogP) is 3.92. The van der Waals surface area contributed by atoms with E-state index in [2.05, 4.69) is 0 Å². The summed E-state index contributed by atoms with van der Waals surface area (Å²) in [6.45, 7) is 2.04. The first-order valence-electron chi connectivity index (χ1n) is 9.32. The van der Waals surface area contributed by atoms with Gasteiger partial charge in [0.25, 0.3) is 10.0 Å². The van der Waals surface area contributed by atoms with Gasteiger partial charge in [-0.15, -0.1) is 11.3 Å². The van der Waals surface area contributed by atoms with Crippen molar-refractivity contribution in [2.45, 2.75) is 17.7 Å². The van der Waals surface area contributed by atoms with Crippen molar-refractivity contribution in [2.75, 3.05) is 25.0 Å². The third-order valence-electron chi connectivity index (χ3n) is 4.77. The number of benzene rings is 2. The molecule has 1 amide bonds. The summed E-state index contributed by atoms with van der Waals surface area (Å²) in [6, 6.07) is 17.8. The van der Waals surface area contributed by atoms with Crippen LogP contribution in [0.3, 0.4) is 0 Å². The lowest BCUT2D eigenvalue weighted by Gasteiger charge is -2.27. The van der Waals surface area contributed by atoms with Gasteiger partial charge in [-0.1, -0.05) is 42.5 Å². The van der Waals surface area contributed by atoms with Crippen LogP contribution in [0.25, 0.3) is 0 Å². The monoisotopic (exact) mass is 444 g/mol. The van der Waals surface area contributed by atoms with Gasteiger partial charge in [0.05, 0.1) is 12.8 Å². The molecule has 0 saturated heterocycles. The second-order valence-electron chi connectivity index (χ2n) is 6.79. The Hall–Kier alpha value is -2.84. The molecule has 2 aromatic carbocycles. The average molecular weight is 445 g/mol. The van der Waals surface area contributed by atoms with Crippen molar-refractivity contribution >= 4 is 33.0 Å². The number of hydrogen-bond donors (Lipinski definition) is 0. The summed E-state index contributed by atoms with van der Waals surface area (Å²) < 4.78 is 33.3. The zero-order valence-electron chi connectivity index (χ0n) is 17.1. The molecule has 0 aliphatic rings. The summed E-state index contributed by atoms with van der Waals surface area (Å²) in [6.07, 6.45) is 0. The highest BCUT2D eigenvalue weighted by atomic mass is 32.2. The number of rotatable bonds is 8. The van der Waals surface area contributed by atoms with Crippen LogP contribution >= 0.6 is 11.3 Å². The number of carbonyl (C=O) groups excluding carboxylic acids is 1. The number of aryl methyl sites for hydroxylation is 1. The van der Waals surface area contributed by atoms with Gasteiger partial charge >= 0.3 is 0 Å². The Morgan fingerprint density at radius 3 is 2.40 bits per heavy atom. The van der Waals surface area contributed by atoms with Crippen molar-refractivity contribution < 1.29 is 17.9 Å². The fraction of sp³-hybridized carbons (Fsp3) is 0.227. The zero-order chi connectivity index (χ0) is 21.7. The van der Waals surface area contributed by atoms with Crippen molar-refractivity contribution in [1.82, 2.24) is 4.90 Å². The summed E-state index contributed by atoms with van der Waals surface area (Å²) in [5, 5.41) is 1.69. The number of carbonyl (C=O) groups is 1. The number of nitrogens with zero attached hydrogens (tertiary/aromatic N) is 2. The molecule has 3 aromatic rings. The predicted molar refractivity (Wildman–Crippen MR) is 119 cm³/mol. The lowest BCUT2D eigenvalue weighted by molar-refractivity contribution is -0.128. The molecular weight excluding hydrogens is 420 g/mol. The quantitative estimate of drug-likeness (QED) is 0.528. The van der Waals surface area contributed by atoms with E-state index in [-0.39, 0.29) is 16.7 Å². The molecule has 8 heteroatoms. The molecule has 1 heterocycles. The van der Waals surface area contributed by atoms with E-state index in [1.54, 1.807) is 42.8 Å². The van der Waals surface area contributed by atoms with Crippen LogP contribution in [0.4, 0.5) is 5.69 Å². The third kappa shape index (κ3) is 4.66. The van der Waals surface area contributed by atoms with E-state index >= 15 is 0 Å². The van der Waals surface area contributed by atoms with Crippen molar-refractivity contribution in [3.05, 3.63) is 77.2 Å². The van der Waals surface area contributed by atoms with Gasteiger partial charge in [0.15, 0.2) is 0 Å². The second kappa shape index (κ2) is 9.32. The Morgan fingerprint density at radius 1 is 1.03 bits per heavy atom. The number of thiophene rings is 1. The average Bonchev–Trinajstić information content (AvgIpc) is 3.29. The fourth-order valence-corrected chi connectivity index (χ4v) is 5.56. The number of likely N-dealkylation sites (N-methyl/N-ethyl adjacent to an activating group) is 1. The highest BCUT2D eigenvalue weighted by Crippen LogP contribution is 2.33. The van der Waals surface area contributed by atoms with Crippen LogP contribution in [0.1, 0.15) is 11.1 Å². The molecule has 0 aliphatic carbocycles. The normalized spacial score (nSPS) is 11.2. The summed E-state index contributed by atoms with van der Waals surface area (Å²) in [5.41, 5.74) is 2.41. The minimum Gasteiger partial charge on any atom is -0.495 e. The molecular formula is C22H24N2O4S2. The van der Waals surface area contributed by atoms with Crippen LogP contribution in [-0.2, 0) is 21.4 Å². The van der Waals surface area contributed by atoms with Gasteiger partial charge in [0, 0.05) is 13.6 Å². The van der Waals surface area contributed by atoms with Gasteiger partial charge in [-0.3, -0.25) is 9.10 Å². The first-order valence-corrected chi connectivity index (χ1v) is 11.6. The van der Waals surface area contributed by atoms with E-state index in [1.165, 1.54) is 18.1 Å². The number of anilines is 1. The van der Waals surface area contributed by atoms with Gasteiger partial charge in [-0.05, 0) is 41.6 Å². The molecule has 0 bridgehead atoms. The van der Waals surface area contributed by atoms with Gasteiger partial charge in [0.1, 0.15) is 16.5 Å². The Labute approximate surface area is 181 Å². The van der Waals surface area contributed by atoms with Crippen LogP contribution in [0.5, 0.6) is 5.75 Å². The molecule has 0 spiro atoms. The standard InChI is InChI=1S/C22H24N2O4S2/c1-17-9-4-5-10-18(17)15-23(2)21(25)16-24(19-11-6-7-12-20(19)28-3)30(26,27)22-13-8-14-29-22/h4-14H,15-16H2,1-3H3. The number of sulfonamides is 1. The molecule has 0 saturated carbocycles. The molecule has 3 rings (SSSR count). The molecule has 0 N–H and O–H groups in total. The van der Waals surface area contributed by atoms with Gasteiger partial charge in [-0.2, -0.15) is 0 Å². The van der Waals surface area contributed by atoms with E-state index in [9.17, 15) is 13.2 Å². The Balaban J connectivity index is 1.93. The number of hydrogen-bond acceptors (Lipinski definition) is 5. The van der Waals surface area contributed by atoms with E-state index in [4.69, 9.17) is 4.74 Å². The molecule has 6 nitrogen and oxygen atoms in total. The lowest BCUT2D eigenvalue weighted by Crippen LogP contribution is -2.41. The van der Waals surface area contributed by atoms with E-state index in [0.717, 1.165) is 26.8 Å². The SMILES string of the molecule is COc1ccccc1N(CC(=O)N(C)Cc1ccccc1C)S(=O)(=O)c1cccs1. The second-order valence-corrected chi connectivity index (χ2v) is 9.83. The molecule has 0 aliphatic heterocycles. The van der Waals surface area contributed by atoms with Crippen LogP contribution in [0.15, 0.2) is 70.3 Å². The molecule has 1 aromatic heterocycles. The lowest BCUT2D eigenvalue weighted by atomic mass is 10.1. The van der Waals surface area contributed by atoms with Crippen LogP contribution in [0.2, 0.25) is 0 Å². The summed E-state index contributed by atoms with van der Waals surface area (Å²) in [4.78, 5) is 14.6. The number of para-hydroxylation sites is 2. The Bertz CT molecular complexity index is 1110. The molecule has 0 unspecified atom stereocenters. The minimum atomic E-state index is -3.93. The van der Waals surface area contributed by atoms with Crippen LogP contribution in [0, 0.1) is 6.92 Å². The van der Waals surface area contributed by atoms with E-state index in [0.29, 0.717) is 18.0 Å². The van der Waals surface area contributed by atoms with Crippen molar-refractivity contribution in [3.63, 3.8) is 0 Å². The number of amides is 1. The maximum absolute atomic E-state index is 13.3. The van der Waals surface area contributed by atoms with Crippen LogP contribution in [-0.4, -0.2) is 39.9 Å². The van der Waals surface area contributed by atoms with Crippen LogP contribution < -0.4 is 9.04 Å². The highest BCUT2D eigenvalue weighted by molar-refractivity contribution is 7.94. The fourth-order valence-electron chi connectivity index (χ4n) is 3.03. The van der Waals surface area contributed by atoms with Crippen molar-refractivity contribution in [1.29, 1.82) is 0 Å². The summed E-state index contributed by atoms with van der Waals surface area (Å²) in [7, 11) is -0.782. The Kier molecular flexibility index (Phi) is 6.79. The first kappa shape index (κ1) is 21.9. The molecule has 0 atom stereocenters. The highest BCUT2D eigenvalue weighted by Gasteiger charge is 2.31.